The Kier molecular flexibility index (Phi) is 17.3. The van der Waals surface area contributed by atoms with Crippen LogP contribution in [-0.2, 0) is 0 Å². The van der Waals surface area contributed by atoms with E-state index in [9.17, 15) is 0 Å². The number of aromatic nitrogens is 2. The number of unbranched alkanes of at least 4 members (excludes halogenated alkanes) is 12. The summed E-state index contributed by atoms with van der Waals surface area (Å²) in [5, 5.41) is 7.00. The zero-order valence-electron chi connectivity index (χ0n) is 49.9. The van der Waals surface area contributed by atoms with E-state index in [1.807, 2.05) is 30.8 Å². The SMILES string of the molecule is CCCCCCCC1=C2C=CC(=N2)/C(=C2\NC=CN2C)c2ccc([nH]2)C=C2C=CC(=N2)C(C#CC#CC2=C3C=CC(=N3)C(CCCCCCC)=C3C=CC(=N3)/C(=C3\NC=CN3C)c3ccc([nH]3)C(CCCCCCC)=C3C=CC2=N3)=C2C=CC1=N2. The van der Waals surface area contributed by atoms with Gasteiger partial charge >= 0.3 is 0 Å². The summed E-state index contributed by atoms with van der Waals surface area (Å²) >= 11 is 0. The largest absolute Gasteiger partial charge is 0.355 e. The van der Waals surface area contributed by atoms with Crippen LogP contribution in [0.2, 0.25) is 0 Å². The number of H-pyrrole nitrogens is 2. The van der Waals surface area contributed by atoms with Gasteiger partial charge in [-0.1, -0.05) is 97.8 Å². The van der Waals surface area contributed by atoms with Crippen LogP contribution in [0.5, 0.6) is 0 Å². The molecule has 10 aliphatic rings. The standard InChI is InChI=1S/C73H76N12/c1-6-9-12-15-18-23-52-58-33-32-57(78-58)51(56-30-28-49(76-56)48-50-29-31-66(77-50)70(67-41-38-63(52)81-67)72-74-44-46-84(72)4)26-21-22-27-55-61-36-34-59(79-61)53(24-19-16-13-10-7-2)64-39-42-68(82-64)71(73-75-45-47-85(73)5)69-43-40-65(83-69)54(25-20-17-14-11-8-3)60-35-37-62(55)80-60/h28-48,74-75,77,82H,6-20,23-25H2,1-5H3/b49-48?,57-51?,59-53?,62-55?,63-52?,65-54?,72-70+,73-71+. The van der Waals surface area contributed by atoms with Gasteiger partial charge in [-0.05, 0) is 165 Å². The van der Waals surface area contributed by atoms with Crippen LogP contribution in [0.1, 0.15) is 159 Å². The molecule has 12 rings (SSSR count). The second-order valence-corrected chi connectivity index (χ2v) is 22.9. The molecule has 12 heterocycles. The van der Waals surface area contributed by atoms with E-state index in [4.69, 9.17) is 30.0 Å². The van der Waals surface area contributed by atoms with Crippen molar-refractivity contribution in [2.24, 2.45) is 30.0 Å². The van der Waals surface area contributed by atoms with Gasteiger partial charge in [-0.2, -0.15) is 0 Å². The molecule has 0 atom stereocenters. The van der Waals surface area contributed by atoms with E-state index in [0.717, 1.165) is 189 Å². The molecule has 0 spiro atoms. The molecule has 16 bridgehead atoms. The maximum Gasteiger partial charge on any atom is 0.121 e. The number of hydrogen-bond donors (Lipinski definition) is 4. The lowest BCUT2D eigenvalue weighted by Crippen LogP contribution is -2.19. The Morgan fingerprint density at radius 1 is 0.388 bits per heavy atom. The second kappa shape index (κ2) is 26.1. The molecule has 2 aromatic rings. The fraction of sp³-hybridized carbons (Fsp3) is 0.315. The lowest BCUT2D eigenvalue weighted by atomic mass is 10.00. The number of nitrogens with zero attached hydrogens (tertiary/aromatic N) is 8. The van der Waals surface area contributed by atoms with E-state index in [1.54, 1.807) is 0 Å². The third kappa shape index (κ3) is 12.4. The Balaban J connectivity index is 0.975. The van der Waals surface area contributed by atoms with E-state index in [-0.39, 0.29) is 0 Å². The van der Waals surface area contributed by atoms with Gasteiger partial charge in [-0.3, -0.25) is 0 Å². The Labute approximate surface area is 502 Å². The summed E-state index contributed by atoms with van der Waals surface area (Å²) in [6.45, 7) is 6.79. The van der Waals surface area contributed by atoms with Crippen LogP contribution in [0, 0.1) is 23.7 Å². The highest BCUT2D eigenvalue weighted by Crippen LogP contribution is 2.37. The molecular weight excluding hydrogens is 1040 g/mol. The first kappa shape index (κ1) is 56.2. The van der Waals surface area contributed by atoms with Crippen molar-refractivity contribution in [3.05, 3.63) is 213 Å². The molecule has 0 unspecified atom stereocenters. The van der Waals surface area contributed by atoms with Crippen LogP contribution in [-0.4, -0.2) is 68.1 Å². The molecule has 12 nitrogen and oxygen atoms in total. The zero-order chi connectivity index (χ0) is 58.1. The Morgan fingerprint density at radius 2 is 0.800 bits per heavy atom. The maximum absolute atomic E-state index is 5.46. The summed E-state index contributed by atoms with van der Waals surface area (Å²) in [4.78, 5) is 44.1. The molecule has 0 aromatic carbocycles. The Bertz CT molecular complexity index is 3950. The predicted molar refractivity (Wildman–Crippen MR) is 354 cm³/mol. The number of rotatable bonds is 18. The van der Waals surface area contributed by atoms with Gasteiger partial charge in [0, 0.05) is 67.0 Å². The highest BCUT2D eigenvalue weighted by molar-refractivity contribution is 6.32. The van der Waals surface area contributed by atoms with Gasteiger partial charge in [0.1, 0.15) is 11.6 Å². The van der Waals surface area contributed by atoms with Crippen molar-refractivity contribution in [3.63, 3.8) is 0 Å². The first-order chi connectivity index (χ1) is 41.8. The van der Waals surface area contributed by atoms with Gasteiger partial charge in [0.05, 0.1) is 102 Å². The lowest BCUT2D eigenvalue weighted by molar-refractivity contribution is 0.574. The quantitative estimate of drug-likeness (QED) is 0.0873. The highest BCUT2D eigenvalue weighted by atomic mass is 15.3. The van der Waals surface area contributed by atoms with Gasteiger partial charge in [-0.15, -0.1) is 0 Å². The topological polar surface area (TPSA) is 136 Å². The summed E-state index contributed by atoms with van der Waals surface area (Å²) in [5.41, 5.74) is 20.9. The van der Waals surface area contributed by atoms with Crippen molar-refractivity contribution >= 4 is 57.1 Å². The lowest BCUT2D eigenvalue weighted by Gasteiger charge is -2.17. The Morgan fingerprint density at radius 3 is 1.33 bits per heavy atom. The minimum absolute atomic E-state index is 0.701. The van der Waals surface area contributed by atoms with Crippen molar-refractivity contribution in [2.75, 3.05) is 14.1 Å². The van der Waals surface area contributed by atoms with Crippen molar-refractivity contribution < 1.29 is 0 Å². The van der Waals surface area contributed by atoms with Gasteiger partial charge in [0.25, 0.3) is 0 Å². The third-order valence-electron chi connectivity index (χ3n) is 16.7. The molecule has 85 heavy (non-hydrogen) atoms. The fourth-order valence-corrected chi connectivity index (χ4v) is 12.1. The average molecular weight is 1120 g/mol. The summed E-state index contributed by atoms with van der Waals surface area (Å²) in [7, 11) is 4.13. The number of fused-ring (bicyclic) bond motifs is 10. The molecule has 428 valence electrons. The predicted octanol–water partition coefficient (Wildman–Crippen LogP) is 15.6. The molecule has 4 N–H and O–H groups in total. The van der Waals surface area contributed by atoms with E-state index >= 15 is 0 Å². The van der Waals surface area contributed by atoms with Gasteiger partial charge in [-0.25, -0.2) is 30.0 Å². The van der Waals surface area contributed by atoms with E-state index in [2.05, 4.69) is 186 Å². The van der Waals surface area contributed by atoms with E-state index in [0.29, 0.717) is 5.57 Å². The number of nitrogens with one attached hydrogen (secondary N) is 4. The smallest absolute Gasteiger partial charge is 0.121 e. The highest BCUT2D eigenvalue weighted by Gasteiger charge is 2.29. The van der Waals surface area contributed by atoms with E-state index in [1.165, 1.54) is 63.4 Å². The zero-order valence-corrected chi connectivity index (χ0v) is 49.9. The molecule has 0 amide bonds. The molecule has 12 heteroatoms. The minimum Gasteiger partial charge on any atom is -0.355 e. The number of hydrogen-bond acceptors (Lipinski definition) is 10. The number of aromatic amines is 2. The van der Waals surface area contributed by atoms with Crippen LogP contribution in [0.15, 0.2) is 220 Å². The third-order valence-corrected chi connectivity index (χ3v) is 16.7. The van der Waals surface area contributed by atoms with Crippen LogP contribution in [0.25, 0.3) is 22.8 Å². The maximum atomic E-state index is 5.46. The minimum atomic E-state index is 0.701. The normalized spacial score (nSPS) is 20.5. The van der Waals surface area contributed by atoms with Crippen molar-refractivity contribution in [1.29, 1.82) is 0 Å². The average Bonchev–Trinajstić information content (AvgIpc) is 4.54. The summed E-state index contributed by atoms with van der Waals surface area (Å²) < 4.78 is 0. The number of aliphatic imine (C=N–C) groups is 6. The van der Waals surface area contributed by atoms with Crippen molar-refractivity contribution in [2.45, 2.75) is 136 Å². The summed E-state index contributed by atoms with van der Waals surface area (Å²) in [6, 6.07) is 8.63. The molecule has 2 aromatic heterocycles. The molecule has 0 aliphatic carbocycles. The van der Waals surface area contributed by atoms with Crippen LogP contribution in [0.3, 0.4) is 0 Å². The summed E-state index contributed by atoms with van der Waals surface area (Å²) in [5.74, 6) is 15.6. The van der Waals surface area contributed by atoms with Gasteiger partial charge in [0.2, 0.25) is 0 Å². The first-order valence-corrected chi connectivity index (χ1v) is 31.1. The van der Waals surface area contributed by atoms with E-state index < -0.39 is 0 Å². The molecule has 0 radical (unpaired) electrons. The van der Waals surface area contributed by atoms with Gasteiger partial charge in [0.15, 0.2) is 0 Å². The monoisotopic (exact) mass is 1120 g/mol. The molecule has 0 saturated carbocycles. The molecule has 10 aliphatic heterocycles. The van der Waals surface area contributed by atoms with Gasteiger partial charge < -0.3 is 30.4 Å². The van der Waals surface area contributed by atoms with Crippen LogP contribution in [0.4, 0.5) is 0 Å². The van der Waals surface area contributed by atoms with Crippen molar-refractivity contribution in [1.82, 2.24) is 30.4 Å². The second-order valence-electron chi connectivity index (χ2n) is 22.9. The fourth-order valence-electron chi connectivity index (χ4n) is 12.1. The molecule has 0 fully saturated rings. The first-order valence-electron chi connectivity index (χ1n) is 31.1. The Hall–Kier alpha value is -9.26. The van der Waals surface area contributed by atoms with Crippen LogP contribution >= 0.6 is 0 Å². The number of allylic oxidation sites excluding steroid dienone is 19. The summed E-state index contributed by atoms with van der Waals surface area (Å²) in [6.07, 6.45) is 55.5. The van der Waals surface area contributed by atoms with Crippen LogP contribution < -0.4 is 10.6 Å². The van der Waals surface area contributed by atoms with Crippen molar-refractivity contribution in [3.8, 4) is 23.7 Å². The molecule has 0 saturated heterocycles. The molecular formula is C73H76N12.